The molecule has 5 heteroatoms. The molecule has 1 aromatic carbocycles. The van der Waals surface area contributed by atoms with E-state index in [-0.39, 0.29) is 0 Å². The second-order valence-corrected chi connectivity index (χ2v) is 6.47. The van der Waals surface area contributed by atoms with Crippen molar-refractivity contribution in [2.24, 2.45) is 0 Å². The van der Waals surface area contributed by atoms with Crippen molar-refractivity contribution in [2.75, 3.05) is 19.6 Å². The molecule has 0 amide bonds. The number of benzene rings is 1. The number of carbonyl (C=O) groups excluding carboxylic acids is 1. The zero-order valence-electron chi connectivity index (χ0n) is 13.1. The summed E-state index contributed by atoms with van der Waals surface area (Å²) in [4.78, 5) is 10.5. The van der Waals surface area contributed by atoms with Crippen molar-refractivity contribution in [2.45, 2.75) is 25.3 Å². The van der Waals surface area contributed by atoms with E-state index in [0.717, 1.165) is 37.9 Å². The standard InChI is InChI=1S/C18H22ClN3O/c19-22-12-15-11-21-16(9-14-5-2-1-3-6-14)10-17(15)18(13-22)20-7-4-8-23/h1-3,5-6,8,13,16,20-21H,4,7,9-12H2. The molecule has 0 radical (unpaired) electrons. The summed E-state index contributed by atoms with van der Waals surface area (Å²) < 4.78 is 1.68. The van der Waals surface area contributed by atoms with Crippen molar-refractivity contribution >= 4 is 18.1 Å². The Morgan fingerprint density at radius 1 is 1.35 bits per heavy atom. The van der Waals surface area contributed by atoms with Gasteiger partial charge in [0.05, 0.1) is 12.2 Å². The lowest BCUT2D eigenvalue weighted by molar-refractivity contribution is -0.107. The van der Waals surface area contributed by atoms with Crippen molar-refractivity contribution in [3.8, 4) is 0 Å². The van der Waals surface area contributed by atoms with Crippen LogP contribution >= 0.6 is 11.8 Å². The van der Waals surface area contributed by atoms with Crippen LogP contribution in [0.3, 0.4) is 0 Å². The van der Waals surface area contributed by atoms with Crippen LogP contribution in [0.2, 0.25) is 0 Å². The van der Waals surface area contributed by atoms with Crippen LogP contribution in [0.4, 0.5) is 0 Å². The van der Waals surface area contributed by atoms with Gasteiger partial charge < -0.3 is 15.4 Å². The molecule has 2 N–H and O–H groups in total. The Kier molecular flexibility index (Phi) is 5.36. The van der Waals surface area contributed by atoms with Crippen LogP contribution in [-0.4, -0.2) is 36.4 Å². The Hall–Kier alpha value is -1.78. The summed E-state index contributed by atoms with van der Waals surface area (Å²) in [5, 5.41) is 6.98. The number of hydrogen-bond donors (Lipinski definition) is 2. The van der Waals surface area contributed by atoms with E-state index in [1.54, 1.807) is 4.42 Å². The second kappa shape index (κ2) is 7.66. The van der Waals surface area contributed by atoms with E-state index in [2.05, 4.69) is 34.9 Å². The van der Waals surface area contributed by atoms with Crippen LogP contribution in [0.25, 0.3) is 0 Å². The topological polar surface area (TPSA) is 44.4 Å². The molecule has 23 heavy (non-hydrogen) atoms. The molecule has 1 unspecified atom stereocenters. The maximum Gasteiger partial charge on any atom is 0.121 e. The predicted octanol–water partition coefficient (Wildman–Crippen LogP) is 2.38. The molecule has 1 aromatic rings. The molecule has 122 valence electrons. The molecule has 0 aromatic heterocycles. The van der Waals surface area contributed by atoms with Crippen LogP contribution in [0.15, 0.2) is 53.4 Å². The molecule has 2 aliphatic rings. The van der Waals surface area contributed by atoms with Crippen molar-refractivity contribution < 1.29 is 4.79 Å². The molecular formula is C18H22ClN3O. The lowest BCUT2D eigenvalue weighted by atomic mass is 9.89. The first-order valence-electron chi connectivity index (χ1n) is 8.06. The van der Waals surface area contributed by atoms with E-state index in [4.69, 9.17) is 11.8 Å². The van der Waals surface area contributed by atoms with Gasteiger partial charge >= 0.3 is 0 Å². The molecule has 0 saturated carbocycles. The van der Waals surface area contributed by atoms with Gasteiger partial charge in [-0.25, -0.2) is 0 Å². The van der Waals surface area contributed by atoms with E-state index >= 15 is 0 Å². The highest BCUT2D eigenvalue weighted by atomic mass is 35.5. The van der Waals surface area contributed by atoms with Gasteiger partial charge in [0, 0.05) is 43.5 Å². The first kappa shape index (κ1) is 16.1. The zero-order chi connectivity index (χ0) is 16.1. The lowest BCUT2D eigenvalue weighted by Crippen LogP contribution is -2.42. The molecule has 1 atom stereocenters. The SMILES string of the molecule is O=CCCNC1=CN(Cl)CC2=C1CC(Cc1ccccc1)NC2. The Morgan fingerprint density at radius 2 is 2.17 bits per heavy atom. The largest absolute Gasteiger partial charge is 0.383 e. The Labute approximate surface area is 142 Å². The van der Waals surface area contributed by atoms with Crippen LogP contribution in [0.1, 0.15) is 18.4 Å². The molecule has 0 bridgehead atoms. The van der Waals surface area contributed by atoms with Gasteiger partial charge in [0.15, 0.2) is 0 Å². The molecule has 2 heterocycles. The van der Waals surface area contributed by atoms with Gasteiger partial charge in [-0.2, -0.15) is 0 Å². The van der Waals surface area contributed by atoms with E-state index in [1.807, 2.05) is 12.3 Å². The molecular weight excluding hydrogens is 310 g/mol. The maximum absolute atomic E-state index is 10.5. The first-order chi connectivity index (χ1) is 11.3. The lowest BCUT2D eigenvalue weighted by Gasteiger charge is -2.34. The Bertz CT molecular complexity index is 612. The van der Waals surface area contributed by atoms with Crippen molar-refractivity contribution in [3.05, 3.63) is 58.9 Å². The average Bonchev–Trinajstić information content (AvgIpc) is 2.56. The van der Waals surface area contributed by atoms with Crippen LogP contribution in [-0.2, 0) is 11.2 Å². The number of aldehydes is 1. The third-order valence-corrected chi connectivity index (χ3v) is 4.54. The van der Waals surface area contributed by atoms with Crippen molar-refractivity contribution in [1.82, 2.24) is 15.1 Å². The highest BCUT2D eigenvalue weighted by Gasteiger charge is 2.26. The molecule has 0 saturated heterocycles. The van der Waals surface area contributed by atoms with Gasteiger partial charge in [0.25, 0.3) is 0 Å². The van der Waals surface area contributed by atoms with Crippen molar-refractivity contribution in [1.29, 1.82) is 0 Å². The smallest absolute Gasteiger partial charge is 0.121 e. The molecule has 3 rings (SSSR count). The zero-order valence-corrected chi connectivity index (χ0v) is 13.9. The summed E-state index contributed by atoms with van der Waals surface area (Å²) >= 11 is 6.20. The highest BCUT2D eigenvalue weighted by molar-refractivity contribution is 6.14. The number of hydrogen-bond acceptors (Lipinski definition) is 4. The third kappa shape index (κ3) is 4.15. The van der Waals surface area contributed by atoms with Gasteiger partial charge in [0.2, 0.25) is 0 Å². The fraction of sp³-hybridized carbons (Fsp3) is 0.389. The molecule has 2 aliphatic heterocycles. The Balaban J connectivity index is 1.69. The number of allylic oxidation sites excluding steroid dienone is 1. The number of nitrogens with one attached hydrogen (secondary N) is 2. The van der Waals surface area contributed by atoms with Gasteiger partial charge in [0.1, 0.15) is 6.29 Å². The van der Waals surface area contributed by atoms with Crippen LogP contribution in [0, 0.1) is 0 Å². The average molecular weight is 332 g/mol. The van der Waals surface area contributed by atoms with E-state index < -0.39 is 0 Å². The number of carbonyl (C=O) groups is 1. The molecule has 0 spiro atoms. The summed E-state index contributed by atoms with van der Waals surface area (Å²) in [6, 6.07) is 11.0. The fourth-order valence-electron chi connectivity index (χ4n) is 3.20. The highest BCUT2D eigenvalue weighted by Crippen LogP contribution is 2.29. The van der Waals surface area contributed by atoms with Gasteiger partial charge in [-0.1, -0.05) is 30.3 Å². The van der Waals surface area contributed by atoms with Gasteiger partial charge in [-0.05, 0) is 29.6 Å². The minimum Gasteiger partial charge on any atom is -0.383 e. The number of halogens is 1. The normalized spacial score (nSPS) is 20.8. The summed E-state index contributed by atoms with van der Waals surface area (Å²) in [5.74, 6) is 0. The van der Waals surface area contributed by atoms with E-state index in [1.165, 1.54) is 16.7 Å². The van der Waals surface area contributed by atoms with Crippen molar-refractivity contribution in [3.63, 3.8) is 0 Å². The number of rotatable bonds is 6. The van der Waals surface area contributed by atoms with Gasteiger partial charge in [-0.3, -0.25) is 4.42 Å². The summed E-state index contributed by atoms with van der Waals surface area (Å²) in [5.41, 5.74) is 5.10. The van der Waals surface area contributed by atoms with E-state index in [9.17, 15) is 4.79 Å². The monoisotopic (exact) mass is 331 g/mol. The summed E-state index contributed by atoms with van der Waals surface area (Å²) in [6.07, 6.45) is 5.38. The van der Waals surface area contributed by atoms with E-state index in [0.29, 0.717) is 19.0 Å². The minimum absolute atomic E-state index is 0.425. The maximum atomic E-state index is 10.5. The van der Waals surface area contributed by atoms with Crippen LogP contribution < -0.4 is 10.6 Å². The fourth-order valence-corrected chi connectivity index (χ4v) is 3.44. The quantitative estimate of drug-likeness (QED) is 0.477. The molecule has 0 fully saturated rings. The summed E-state index contributed by atoms with van der Waals surface area (Å²) in [7, 11) is 0. The third-order valence-electron chi connectivity index (χ3n) is 4.32. The van der Waals surface area contributed by atoms with Gasteiger partial charge in [-0.15, -0.1) is 0 Å². The molecule has 4 nitrogen and oxygen atoms in total. The predicted molar refractivity (Wildman–Crippen MR) is 92.9 cm³/mol. The van der Waals surface area contributed by atoms with Crippen LogP contribution in [0.5, 0.6) is 0 Å². The molecule has 0 aliphatic carbocycles. The number of nitrogens with zero attached hydrogens (tertiary/aromatic N) is 1. The minimum atomic E-state index is 0.425. The summed E-state index contributed by atoms with van der Waals surface area (Å²) in [6.45, 7) is 2.26. The Morgan fingerprint density at radius 3 is 2.96 bits per heavy atom. The first-order valence-corrected chi connectivity index (χ1v) is 8.40. The second-order valence-electron chi connectivity index (χ2n) is 6.04.